The summed E-state index contributed by atoms with van der Waals surface area (Å²) in [6, 6.07) is 0.830. The number of rotatable bonds is 5. The third-order valence-electron chi connectivity index (χ3n) is 8.20. The molecule has 4 aliphatic rings. The average Bonchev–Trinajstić information content (AvgIpc) is 3.13. The van der Waals surface area contributed by atoms with Gasteiger partial charge in [0.05, 0.1) is 6.61 Å². The first-order valence-corrected chi connectivity index (χ1v) is 11.8. The molecule has 2 saturated heterocycles. The molecule has 4 fully saturated rings. The van der Waals surface area contributed by atoms with Gasteiger partial charge in [-0.3, -0.25) is 0 Å². The predicted molar refractivity (Wildman–Crippen MR) is 109 cm³/mol. The van der Waals surface area contributed by atoms with E-state index in [9.17, 15) is 4.79 Å². The molecule has 4 rings (SSSR count). The maximum absolute atomic E-state index is 11.9. The summed E-state index contributed by atoms with van der Waals surface area (Å²) in [4.78, 5) is 13.9. The molecule has 2 aliphatic heterocycles. The third kappa shape index (κ3) is 4.63. The molecule has 1 atom stereocenters. The number of hydrogen-bond acceptors (Lipinski definition) is 3. The van der Waals surface area contributed by atoms with Gasteiger partial charge >= 0.3 is 6.09 Å². The number of hydrogen-bond donors (Lipinski definition) is 1. The molecule has 1 N–H and O–H groups in total. The first-order valence-electron chi connectivity index (χ1n) is 11.8. The van der Waals surface area contributed by atoms with Crippen LogP contribution in [0.2, 0.25) is 0 Å². The van der Waals surface area contributed by atoms with E-state index in [2.05, 4.69) is 5.32 Å². The zero-order valence-electron chi connectivity index (χ0n) is 17.4. The molecule has 0 aromatic rings. The number of nitrogens with one attached hydrogen (secondary N) is 1. The van der Waals surface area contributed by atoms with E-state index in [1.165, 1.54) is 83.6 Å². The van der Waals surface area contributed by atoms with Crippen LogP contribution in [-0.4, -0.2) is 43.3 Å². The van der Waals surface area contributed by atoms with E-state index in [4.69, 9.17) is 4.74 Å². The standard InChI is InChI=1S/C23H40N2O2/c1-2-27-22(26)25-14-12-23(17-25)15-19(16-23)7-6-18-8-10-20(11-9-18)21-5-3-4-13-24-21/h18-21,24H,2-17H2,1H3. The molecule has 4 nitrogen and oxygen atoms in total. The molecule has 27 heavy (non-hydrogen) atoms. The minimum absolute atomic E-state index is 0.0953. The van der Waals surface area contributed by atoms with Gasteiger partial charge in [-0.2, -0.15) is 0 Å². The first kappa shape index (κ1) is 19.5. The second-order valence-electron chi connectivity index (χ2n) is 10.1. The van der Waals surface area contributed by atoms with E-state index in [-0.39, 0.29) is 6.09 Å². The van der Waals surface area contributed by atoms with Gasteiger partial charge in [0.1, 0.15) is 0 Å². The van der Waals surface area contributed by atoms with Gasteiger partial charge in [-0.05, 0) is 81.6 Å². The average molecular weight is 377 g/mol. The van der Waals surface area contributed by atoms with E-state index in [0.29, 0.717) is 12.0 Å². The highest BCUT2D eigenvalue weighted by atomic mass is 16.6. The van der Waals surface area contributed by atoms with Crippen LogP contribution >= 0.6 is 0 Å². The highest BCUT2D eigenvalue weighted by Crippen LogP contribution is 2.53. The Bertz CT molecular complexity index is 489. The summed E-state index contributed by atoms with van der Waals surface area (Å²) in [7, 11) is 0. The molecule has 2 heterocycles. The summed E-state index contributed by atoms with van der Waals surface area (Å²) >= 11 is 0. The Balaban J connectivity index is 1.11. The zero-order chi connectivity index (χ0) is 18.7. The topological polar surface area (TPSA) is 41.6 Å². The van der Waals surface area contributed by atoms with Crippen molar-refractivity contribution in [1.82, 2.24) is 10.2 Å². The second kappa shape index (κ2) is 8.71. The lowest BCUT2D eigenvalue weighted by atomic mass is 9.59. The summed E-state index contributed by atoms with van der Waals surface area (Å²) in [6.07, 6.45) is 16.8. The molecule has 0 bridgehead atoms. The minimum atomic E-state index is -0.0953. The Hall–Kier alpha value is -0.770. The van der Waals surface area contributed by atoms with Crippen LogP contribution in [0.15, 0.2) is 0 Å². The van der Waals surface area contributed by atoms with Crippen molar-refractivity contribution in [3.63, 3.8) is 0 Å². The second-order valence-corrected chi connectivity index (χ2v) is 10.1. The summed E-state index contributed by atoms with van der Waals surface area (Å²) in [5, 5.41) is 3.78. The van der Waals surface area contributed by atoms with Crippen molar-refractivity contribution in [3.05, 3.63) is 0 Å². The van der Waals surface area contributed by atoms with E-state index in [0.717, 1.165) is 36.9 Å². The van der Waals surface area contributed by atoms with Crippen molar-refractivity contribution >= 4 is 6.09 Å². The molecular formula is C23H40N2O2. The largest absolute Gasteiger partial charge is 0.450 e. The van der Waals surface area contributed by atoms with Crippen LogP contribution in [0, 0.1) is 23.2 Å². The van der Waals surface area contributed by atoms with Gasteiger partial charge in [-0.15, -0.1) is 0 Å². The highest BCUT2D eigenvalue weighted by Gasteiger charge is 2.49. The molecule has 2 aliphatic carbocycles. The summed E-state index contributed by atoms with van der Waals surface area (Å²) in [5.74, 6) is 2.87. The van der Waals surface area contributed by atoms with Gasteiger partial charge < -0.3 is 15.0 Å². The smallest absolute Gasteiger partial charge is 0.409 e. The molecule has 2 saturated carbocycles. The van der Waals surface area contributed by atoms with Gasteiger partial charge in [0.25, 0.3) is 0 Å². The fourth-order valence-corrected chi connectivity index (χ4v) is 6.64. The molecule has 0 radical (unpaired) electrons. The van der Waals surface area contributed by atoms with Gasteiger partial charge in [-0.25, -0.2) is 4.79 Å². The number of carbonyl (C=O) groups is 1. The van der Waals surface area contributed by atoms with Crippen LogP contribution in [0.5, 0.6) is 0 Å². The summed E-state index contributed by atoms with van der Waals surface area (Å²) in [6.45, 7) is 5.49. The van der Waals surface area contributed by atoms with Crippen LogP contribution in [0.3, 0.4) is 0 Å². The van der Waals surface area contributed by atoms with Crippen molar-refractivity contribution < 1.29 is 9.53 Å². The van der Waals surface area contributed by atoms with Crippen LogP contribution < -0.4 is 5.32 Å². The zero-order valence-corrected chi connectivity index (χ0v) is 17.4. The quantitative estimate of drug-likeness (QED) is 0.736. The lowest BCUT2D eigenvalue weighted by Crippen LogP contribution is -2.42. The number of amides is 1. The van der Waals surface area contributed by atoms with Crippen LogP contribution in [-0.2, 0) is 4.74 Å². The molecule has 0 aromatic heterocycles. The minimum Gasteiger partial charge on any atom is -0.450 e. The normalized spacial score (nSPS) is 39.4. The van der Waals surface area contributed by atoms with E-state index in [1.54, 1.807) is 0 Å². The number of carbonyl (C=O) groups excluding carboxylic acids is 1. The molecule has 1 unspecified atom stereocenters. The fourth-order valence-electron chi connectivity index (χ4n) is 6.64. The summed E-state index contributed by atoms with van der Waals surface area (Å²) in [5.41, 5.74) is 0.446. The van der Waals surface area contributed by atoms with Crippen molar-refractivity contribution in [3.8, 4) is 0 Å². The van der Waals surface area contributed by atoms with Crippen LogP contribution in [0.4, 0.5) is 4.79 Å². The van der Waals surface area contributed by atoms with Gasteiger partial charge in [0.15, 0.2) is 0 Å². The Morgan fingerprint density at radius 3 is 2.56 bits per heavy atom. The van der Waals surface area contributed by atoms with Crippen molar-refractivity contribution in [2.45, 2.75) is 90.0 Å². The molecule has 154 valence electrons. The van der Waals surface area contributed by atoms with E-state index < -0.39 is 0 Å². The SMILES string of the molecule is CCOC(=O)N1CCC2(CC(CCC3CCC(C4CCCCN4)CC3)C2)C1. The van der Waals surface area contributed by atoms with Crippen molar-refractivity contribution in [1.29, 1.82) is 0 Å². The molecular weight excluding hydrogens is 336 g/mol. The highest BCUT2D eigenvalue weighted by molar-refractivity contribution is 5.68. The third-order valence-corrected chi connectivity index (χ3v) is 8.20. The monoisotopic (exact) mass is 376 g/mol. The number of ether oxygens (including phenoxy) is 1. The lowest BCUT2D eigenvalue weighted by molar-refractivity contribution is 0.0470. The van der Waals surface area contributed by atoms with Crippen LogP contribution in [0.25, 0.3) is 0 Å². The van der Waals surface area contributed by atoms with Gasteiger partial charge in [0, 0.05) is 19.1 Å². The van der Waals surface area contributed by atoms with Crippen molar-refractivity contribution in [2.24, 2.45) is 23.2 Å². The predicted octanol–water partition coefficient (Wildman–Crippen LogP) is 4.97. The first-order chi connectivity index (χ1) is 13.2. The van der Waals surface area contributed by atoms with Gasteiger partial charge in [-0.1, -0.05) is 32.1 Å². The van der Waals surface area contributed by atoms with Crippen molar-refractivity contribution in [2.75, 3.05) is 26.2 Å². The Labute approximate surface area is 165 Å². The van der Waals surface area contributed by atoms with E-state index in [1.807, 2.05) is 11.8 Å². The van der Waals surface area contributed by atoms with E-state index >= 15 is 0 Å². The maximum atomic E-state index is 11.9. The number of nitrogens with zero attached hydrogens (tertiary/aromatic N) is 1. The molecule has 1 amide bonds. The fraction of sp³-hybridized carbons (Fsp3) is 0.957. The molecule has 0 aromatic carbocycles. The molecule has 4 heteroatoms. The van der Waals surface area contributed by atoms with Crippen LogP contribution in [0.1, 0.15) is 84.0 Å². The Morgan fingerprint density at radius 2 is 1.85 bits per heavy atom. The lowest BCUT2D eigenvalue weighted by Gasteiger charge is -2.46. The maximum Gasteiger partial charge on any atom is 0.409 e. The Kier molecular flexibility index (Phi) is 6.31. The summed E-state index contributed by atoms with van der Waals surface area (Å²) < 4.78 is 5.18. The van der Waals surface area contributed by atoms with Gasteiger partial charge in [0.2, 0.25) is 0 Å². The molecule has 1 spiro atoms. The number of likely N-dealkylation sites (tertiary alicyclic amines) is 1. The Morgan fingerprint density at radius 1 is 1.07 bits per heavy atom. The number of piperidine rings is 1.